The summed E-state index contributed by atoms with van der Waals surface area (Å²) in [4.78, 5) is 24.8. The first-order valence-corrected chi connectivity index (χ1v) is 6.64. The average molecular weight is 256 g/mol. The van der Waals surface area contributed by atoms with Crippen LogP contribution in [0.1, 0.15) is 40.0 Å². The Morgan fingerprint density at radius 1 is 1.39 bits per heavy atom. The molecule has 1 aliphatic carbocycles. The van der Waals surface area contributed by atoms with Crippen LogP contribution in [-0.2, 0) is 4.79 Å². The van der Waals surface area contributed by atoms with Crippen LogP contribution in [0.3, 0.4) is 0 Å². The quantitative estimate of drug-likeness (QED) is 0.763. The highest BCUT2D eigenvalue weighted by atomic mass is 16.4. The number of urea groups is 1. The second-order valence-corrected chi connectivity index (χ2v) is 5.34. The number of nitrogens with zero attached hydrogens (tertiary/aromatic N) is 1. The van der Waals surface area contributed by atoms with Crippen LogP contribution in [0.4, 0.5) is 4.79 Å². The number of carbonyl (C=O) groups is 2. The molecular formula is C13H24N2O3. The minimum Gasteiger partial charge on any atom is -0.480 e. The lowest BCUT2D eigenvalue weighted by Crippen LogP contribution is -2.51. The number of hydrogen-bond acceptors (Lipinski definition) is 2. The topological polar surface area (TPSA) is 69.6 Å². The zero-order chi connectivity index (χ0) is 13.9. The molecule has 1 rings (SSSR count). The molecule has 0 aromatic carbocycles. The molecule has 5 nitrogen and oxygen atoms in total. The van der Waals surface area contributed by atoms with Gasteiger partial charge in [0.25, 0.3) is 0 Å². The van der Waals surface area contributed by atoms with Crippen molar-refractivity contribution in [3.8, 4) is 0 Å². The van der Waals surface area contributed by atoms with Gasteiger partial charge in [0.05, 0.1) is 0 Å². The molecule has 18 heavy (non-hydrogen) atoms. The first kappa shape index (κ1) is 14.8. The molecule has 0 aromatic rings. The summed E-state index contributed by atoms with van der Waals surface area (Å²) in [5.74, 6) is -0.464. The summed E-state index contributed by atoms with van der Waals surface area (Å²) in [6, 6.07) is -0.921. The highest BCUT2D eigenvalue weighted by Gasteiger charge is 2.34. The molecule has 3 atom stereocenters. The van der Waals surface area contributed by atoms with Crippen molar-refractivity contribution in [2.75, 3.05) is 7.05 Å². The molecule has 5 heteroatoms. The molecule has 0 radical (unpaired) electrons. The van der Waals surface area contributed by atoms with Crippen molar-refractivity contribution in [2.24, 2.45) is 11.8 Å². The Hall–Kier alpha value is -1.26. The van der Waals surface area contributed by atoms with Crippen LogP contribution in [0.15, 0.2) is 0 Å². The van der Waals surface area contributed by atoms with Crippen molar-refractivity contribution in [2.45, 2.75) is 52.1 Å². The van der Waals surface area contributed by atoms with Crippen molar-refractivity contribution < 1.29 is 14.7 Å². The summed E-state index contributed by atoms with van der Waals surface area (Å²) in [5.41, 5.74) is 0. The van der Waals surface area contributed by atoms with Crippen molar-refractivity contribution in [3.63, 3.8) is 0 Å². The highest BCUT2D eigenvalue weighted by molar-refractivity contribution is 5.82. The van der Waals surface area contributed by atoms with Crippen LogP contribution in [0.5, 0.6) is 0 Å². The van der Waals surface area contributed by atoms with Gasteiger partial charge >= 0.3 is 12.0 Å². The zero-order valence-corrected chi connectivity index (χ0v) is 11.6. The van der Waals surface area contributed by atoms with Crippen molar-refractivity contribution in [1.82, 2.24) is 10.2 Å². The lowest BCUT2D eigenvalue weighted by Gasteiger charge is -2.28. The summed E-state index contributed by atoms with van der Waals surface area (Å²) in [6.45, 7) is 5.77. The van der Waals surface area contributed by atoms with Crippen molar-refractivity contribution >= 4 is 12.0 Å². The molecule has 0 aliphatic heterocycles. The number of carboxylic acids is 1. The number of rotatable bonds is 6. The van der Waals surface area contributed by atoms with Crippen molar-refractivity contribution in [3.05, 3.63) is 0 Å². The maximum absolute atomic E-state index is 12.0. The normalized spacial score (nSPS) is 19.8. The van der Waals surface area contributed by atoms with Crippen LogP contribution in [0, 0.1) is 11.8 Å². The molecule has 0 aromatic heterocycles. The molecule has 2 amide bonds. The molecule has 0 spiro atoms. The molecule has 1 aliphatic rings. The first-order chi connectivity index (χ1) is 8.38. The van der Waals surface area contributed by atoms with E-state index in [0.29, 0.717) is 5.92 Å². The maximum Gasteiger partial charge on any atom is 0.326 e. The largest absolute Gasteiger partial charge is 0.480 e. The van der Waals surface area contributed by atoms with Crippen LogP contribution < -0.4 is 5.32 Å². The van der Waals surface area contributed by atoms with E-state index in [4.69, 9.17) is 5.11 Å². The molecule has 0 bridgehead atoms. The smallest absolute Gasteiger partial charge is 0.326 e. The van der Waals surface area contributed by atoms with E-state index >= 15 is 0 Å². The Morgan fingerprint density at radius 3 is 2.33 bits per heavy atom. The molecule has 0 saturated heterocycles. The number of nitrogens with one attached hydrogen (secondary N) is 1. The van der Waals surface area contributed by atoms with E-state index in [1.54, 1.807) is 11.9 Å². The molecule has 0 heterocycles. The molecule has 1 fully saturated rings. The van der Waals surface area contributed by atoms with E-state index in [2.05, 4.69) is 5.32 Å². The van der Waals surface area contributed by atoms with Gasteiger partial charge in [0.15, 0.2) is 0 Å². The third-order valence-electron chi connectivity index (χ3n) is 3.99. The standard InChI is InChI=1S/C13H24N2O3/c1-5-8(2)11(12(16)17)14-13(18)15(4)9(3)10-6-7-10/h8-11H,5-7H2,1-4H3,(H,14,18)(H,16,17)/t8-,9?,11-/m0/s1. The fraction of sp³-hybridized carbons (Fsp3) is 0.846. The van der Waals surface area contributed by atoms with Gasteiger partial charge in [-0.1, -0.05) is 20.3 Å². The Bertz CT molecular complexity index is 315. The number of carbonyl (C=O) groups excluding carboxylic acids is 1. The van der Waals surface area contributed by atoms with E-state index < -0.39 is 12.0 Å². The number of hydrogen-bond donors (Lipinski definition) is 2. The summed E-state index contributed by atoms with van der Waals surface area (Å²) in [6.07, 6.45) is 3.04. The van der Waals surface area contributed by atoms with Gasteiger partial charge < -0.3 is 15.3 Å². The molecule has 104 valence electrons. The predicted molar refractivity (Wildman–Crippen MR) is 69.4 cm³/mol. The summed E-state index contributed by atoms with van der Waals surface area (Å²) >= 11 is 0. The zero-order valence-electron chi connectivity index (χ0n) is 11.6. The molecule has 1 saturated carbocycles. The van der Waals surface area contributed by atoms with E-state index in [9.17, 15) is 9.59 Å². The van der Waals surface area contributed by atoms with Crippen LogP contribution in [0.25, 0.3) is 0 Å². The van der Waals surface area contributed by atoms with Crippen molar-refractivity contribution in [1.29, 1.82) is 0 Å². The molecular weight excluding hydrogens is 232 g/mol. The monoisotopic (exact) mass is 256 g/mol. The summed E-state index contributed by atoms with van der Waals surface area (Å²) in [5, 5.41) is 11.8. The van der Waals surface area contributed by atoms with Gasteiger partial charge in [0.1, 0.15) is 6.04 Å². The van der Waals surface area contributed by atoms with Gasteiger partial charge in [0.2, 0.25) is 0 Å². The van der Waals surface area contributed by atoms with E-state index in [-0.39, 0.29) is 18.0 Å². The van der Waals surface area contributed by atoms with Gasteiger partial charge in [-0.25, -0.2) is 9.59 Å². The summed E-state index contributed by atoms with van der Waals surface area (Å²) in [7, 11) is 1.73. The molecule has 2 N–H and O–H groups in total. The summed E-state index contributed by atoms with van der Waals surface area (Å²) < 4.78 is 0. The van der Waals surface area contributed by atoms with Gasteiger partial charge in [-0.05, 0) is 31.6 Å². The van der Waals surface area contributed by atoms with Gasteiger partial charge in [-0.3, -0.25) is 0 Å². The average Bonchev–Trinajstić information content (AvgIpc) is 3.16. The van der Waals surface area contributed by atoms with Crippen LogP contribution >= 0.6 is 0 Å². The highest BCUT2D eigenvalue weighted by Crippen LogP contribution is 2.34. The number of aliphatic carboxylic acids is 1. The lowest BCUT2D eigenvalue weighted by atomic mass is 9.99. The lowest BCUT2D eigenvalue weighted by molar-refractivity contribution is -0.140. The third-order valence-corrected chi connectivity index (χ3v) is 3.99. The third kappa shape index (κ3) is 3.62. The fourth-order valence-corrected chi connectivity index (χ4v) is 2.00. The van der Waals surface area contributed by atoms with Gasteiger partial charge in [-0.2, -0.15) is 0 Å². The van der Waals surface area contributed by atoms with Gasteiger partial charge in [0, 0.05) is 13.1 Å². The minimum atomic E-state index is -0.967. The van der Waals surface area contributed by atoms with Crippen LogP contribution in [0.2, 0.25) is 0 Å². The van der Waals surface area contributed by atoms with Gasteiger partial charge in [-0.15, -0.1) is 0 Å². The Morgan fingerprint density at radius 2 is 1.94 bits per heavy atom. The Kier molecular flexibility index (Phi) is 4.99. The Balaban J connectivity index is 2.57. The number of carboxylic acid groups (broad SMARTS) is 1. The minimum absolute atomic E-state index is 0.0731. The second kappa shape index (κ2) is 6.07. The van der Waals surface area contributed by atoms with E-state index in [0.717, 1.165) is 19.3 Å². The molecule has 1 unspecified atom stereocenters. The fourth-order valence-electron chi connectivity index (χ4n) is 2.00. The second-order valence-electron chi connectivity index (χ2n) is 5.34. The Labute approximate surface area is 109 Å². The maximum atomic E-state index is 12.0. The number of amides is 2. The predicted octanol–water partition coefficient (Wildman–Crippen LogP) is 1.93. The first-order valence-electron chi connectivity index (χ1n) is 6.64. The van der Waals surface area contributed by atoms with E-state index in [1.165, 1.54) is 0 Å². The SMILES string of the molecule is CC[C@H](C)[C@H](NC(=O)N(C)C(C)C1CC1)C(=O)O. The van der Waals surface area contributed by atoms with E-state index in [1.807, 2.05) is 20.8 Å². The van der Waals surface area contributed by atoms with Crippen LogP contribution in [-0.4, -0.2) is 41.1 Å².